The van der Waals surface area contributed by atoms with E-state index in [1.54, 1.807) is 4.57 Å². The van der Waals surface area contributed by atoms with Crippen LogP contribution in [-0.4, -0.2) is 93.9 Å². The molecule has 11 nitrogen and oxygen atoms in total. The maximum Gasteiger partial charge on any atom is 0.405 e. The Kier molecular flexibility index (Phi) is 9.19. The van der Waals surface area contributed by atoms with Crippen molar-refractivity contribution < 1.29 is 29.4 Å². The van der Waals surface area contributed by atoms with Gasteiger partial charge in [-0.3, -0.25) is 19.1 Å². The molecule has 0 saturated heterocycles. The van der Waals surface area contributed by atoms with Crippen LogP contribution in [-0.2, 0) is 11.2 Å². The molecule has 12 heteroatoms. The van der Waals surface area contributed by atoms with Gasteiger partial charge >= 0.3 is 12.2 Å². The highest BCUT2D eigenvalue weighted by molar-refractivity contribution is 9.10. The second kappa shape index (κ2) is 12.4. The Morgan fingerprint density at radius 2 is 1.85 bits per heavy atom. The van der Waals surface area contributed by atoms with Crippen LogP contribution in [0.2, 0.25) is 0 Å². The van der Waals surface area contributed by atoms with Crippen LogP contribution < -0.4 is 10.6 Å². The van der Waals surface area contributed by atoms with Crippen LogP contribution in [0.3, 0.4) is 0 Å². The van der Waals surface area contributed by atoms with Gasteiger partial charge in [-0.05, 0) is 85.3 Å². The van der Waals surface area contributed by atoms with E-state index < -0.39 is 24.1 Å². The lowest BCUT2D eigenvalue weighted by atomic mass is 9.79. The number of fused-ring (bicyclic) bond motifs is 2. The molecule has 0 saturated carbocycles. The quantitative estimate of drug-likeness (QED) is 0.296. The number of amides is 3. The van der Waals surface area contributed by atoms with Gasteiger partial charge in [-0.15, -0.1) is 0 Å². The van der Waals surface area contributed by atoms with Gasteiger partial charge in [0.2, 0.25) is 5.91 Å². The molecule has 3 amide bonds. The summed E-state index contributed by atoms with van der Waals surface area (Å²) >= 11 is 3.67. The minimum atomic E-state index is -1.30. The van der Waals surface area contributed by atoms with Crippen molar-refractivity contribution in [1.29, 1.82) is 0 Å². The first-order valence-corrected chi connectivity index (χ1v) is 14.4. The number of unbranched alkanes of at least 4 members (excludes halogenated alkanes) is 1. The van der Waals surface area contributed by atoms with E-state index in [2.05, 4.69) is 37.5 Å². The molecule has 3 atom stereocenters. The SMILES string of the molecule is CCN(CC)C(=O)[C@@H]1C=C2c3cccc4c3c(c(Br)n4C(=O)[C@H](CCCCNC(=O)O)NC(=O)O)C[C@H]2N(C)C1. The van der Waals surface area contributed by atoms with Gasteiger partial charge < -0.3 is 25.7 Å². The summed E-state index contributed by atoms with van der Waals surface area (Å²) in [6, 6.07) is 4.79. The van der Waals surface area contributed by atoms with Crippen molar-refractivity contribution in [3.63, 3.8) is 0 Å². The Hall–Kier alpha value is -3.38. The van der Waals surface area contributed by atoms with E-state index in [1.807, 2.05) is 44.0 Å². The molecule has 0 bridgehead atoms. The number of benzene rings is 1. The number of likely N-dealkylation sites (N-methyl/N-ethyl adjacent to an activating group) is 1. The summed E-state index contributed by atoms with van der Waals surface area (Å²) in [7, 11) is 2.02. The Morgan fingerprint density at radius 3 is 2.50 bits per heavy atom. The maximum absolute atomic E-state index is 13.8. The summed E-state index contributed by atoms with van der Waals surface area (Å²) in [4.78, 5) is 53.4. The first-order valence-electron chi connectivity index (χ1n) is 13.6. The number of nitrogens with one attached hydrogen (secondary N) is 2. The highest BCUT2D eigenvalue weighted by atomic mass is 79.9. The minimum Gasteiger partial charge on any atom is -0.465 e. The molecular weight excluding hydrogens is 582 g/mol. The number of carbonyl (C=O) groups is 4. The normalized spacial score (nSPS) is 18.9. The third-order valence-electron chi connectivity index (χ3n) is 7.90. The van der Waals surface area contributed by atoms with Gasteiger partial charge in [-0.2, -0.15) is 0 Å². The number of rotatable bonds is 10. The van der Waals surface area contributed by atoms with Crippen LogP contribution in [0.4, 0.5) is 9.59 Å². The topological polar surface area (TPSA) is 144 Å². The number of hydrogen-bond acceptors (Lipinski definition) is 5. The van der Waals surface area contributed by atoms with Crippen molar-refractivity contribution in [3.8, 4) is 0 Å². The average molecular weight is 619 g/mol. The van der Waals surface area contributed by atoms with E-state index >= 15 is 0 Å². The zero-order chi connectivity index (χ0) is 29.1. The Bertz CT molecular complexity index is 1350. The van der Waals surface area contributed by atoms with E-state index in [1.165, 1.54) is 0 Å². The molecule has 0 spiro atoms. The Labute approximate surface area is 241 Å². The lowest BCUT2D eigenvalue weighted by Crippen LogP contribution is -2.47. The maximum atomic E-state index is 13.8. The molecule has 1 aromatic carbocycles. The number of aromatic nitrogens is 1. The molecule has 2 heterocycles. The fourth-order valence-corrected chi connectivity index (χ4v) is 6.69. The molecule has 4 rings (SSSR count). The summed E-state index contributed by atoms with van der Waals surface area (Å²) < 4.78 is 2.14. The number of carbonyl (C=O) groups excluding carboxylic acids is 2. The van der Waals surface area contributed by atoms with Crippen LogP contribution in [0.1, 0.15) is 49.0 Å². The van der Waals surface area contributed by atoms with E-state index in [0.29, 0.717) is 49.0 Å². The van der Waals surface area contributed by atoms with E-state index in [9.17, 15) is 24.3 Å². The first-order chi connectivity index (χ1) is 19.1. The van der Waals surface area contributed by atoms with Gasteiger partial charge in [-0.25, -0.2) is 9.59 Å². The standard InChI is InChI=1S/C28H36BrN5O6/c1-4-33(5-2)25(35)16-13-18-17-9-8-11-21-23(17)19(14-22(18)32(3)15-16)24(29)34(21)26(36)20(31-28(39)40)10-6-7-12-30-27(37)38/h8-9,11,13,16,20,22,30-31H,4-7,10,12,14-15H2,1-3H3,(H,37,38)(H,39,40)/t16-,20+,22-/m1/s1. The van der Waals surface area contributed by atoms with Crippen LogP contribution in [0.15, 0.2) is 28.9 Å². The van der Waals surface area contributed by atoms with Crippen molar-refractivity contribution in [2.24, 2.45) is 5.92 Å². The summed E-state index contributed by atoms with van der Waals surface area (Å²) in [6.07, 6.45) is 1.44. The van der Waals surface area contributed by atoms with Crippen LogP contribution in [0.25, 0.3) is 16.5 Å². The average Bonchev–Trinajstić information content (AvgIpc) is 3.20. The zero-order valence-electron chi connectivity index (χ0n) is 22.9. The lowest BCUT2D eigenvalue weighted by molar-refractivity contribution is -0.134. The minimum absolute atomic E-state index is 0.0378. The summed E-state index contributed by atoms with van der Waals surface area (Å²) in [5.41, 5.74) is 3.69. The summed E-state index contributed by atoms with van der Waals surface area (Å²) in [6.45, 7) is 6.09. The second-order valence-electron chi connectivity index (χ2n) is 10.3. The molecule has 1 aliphatic heterocycles. The number of nitrogens with zero attached hydrogens (tertiary/aromatic N) is 3. The monoisotopic (exact) mass is 617 g/mol. The summed E-state index contributed by atoms with van der Waals surface area (Å²) in [5, 5.41) is 23.7. The van der Waals surface area contributed by atoms with E-state index in [0.717, 1.165) is 22.1 Å². The molecule has 1 aromatic heterocycles. The van der Waals surface area contributed by atoms with Crippen LogP contribution in [0, 0.1) is 5.92 Å². The van der Waals surface area contributed by atoms with Crippen LogP contribution >= 0.6 is 15.9 Å². The molecule has 0 fully saturated rings. The molecule has 2 aliphatic rings. The smallest absolute Gasteiger partial charge is 0.405 e. The van der Waals surface area contributed by atoms with E-state index in [-0.39, 0.29) is 30.8 Å². The Morgan fingerprint density at radius 1 is 1.12 bits per heavy atom. The van der Waals surface area contributed by atoms with Crippen molar-refractivity contribution in [3.05, 3.63) is 40.0 Å². The summed E-state index contributed by atoms with van der Waals surface area (Å²) in [5.74, 6) is -0.564. The fourth-order valence-electron chi connectivity index (χ4n) is 5.96. The van der Waals surface area contributed by atoms with Crippen LogP contribution in [0.5, 0.6) is 0 Å². The van der Waals surface area contributed by atoms with Crippen molar-refractivity contribution in [2.45, 2.75) is 51.6 Å². The Balaban J connectivity index is 1.71. The van der Waals surface area contributed by atoms with Gasteiger partial charge in [-0.1, -0.05) is 18.2 Å². The van der Waals surface area contributed by atoms with Crippen molar-refractivity contribution in [2.75, 3.05) is 33.2 Å². The second-order valence-corrected chi connectivity index (χ2v) is 11.0. The molecule has 1 aliphatic carbocycles. The predicted molar refractivity (Wildman–Crippen MR) is 155 cm³/mol. The fraction of sp³-hybridized carbons (Fsp3) is 0.500. The highest BCUT2D eigenvalue weighted by Gasteiger charge is 2.39. The van der Waals surface area contributed by atoms with Crippen molar-refractivity contribution >= 4 is 56.4 Å². The zero-order valence-corrected chi connectivity index (χ0v) is 24.5. The molecule has 0 unspecified atom stereocenters. The van der Waals surface area contributed by atoms with Gasteiger partial charge in [0.15, 0.2) is 0 Å². The predicted octanol–water partition coefficient (Wildman–Crippen LogP) is 3.86. The first kappa shape index (κ1) is 29.6. The lowest BCUT2D eigenvalue weighted by Gasteiger charge is -2.40. The van der Waals surface area contributed by atoms with Gasteiger partial charge in [0.1, 0.15) is 6.04 Å². The highest BCUT2D eigenvalue weighted by Crippen LogP contribution is 2.45. The molecular formula is C28H36BrN5O6. The van der Waals surface area contributed by atoms with Gasteiger partial charge in [0.25, 0.3) is 5.91 Å². The third kappa shape index (κ3) is 5.73. The largest absolute Gasteiger partial charge is 0.465 e. The molecule has 0 radical (unpaired) electrons. The molecule has 2 aromatic rings. The van der Waals surface area contributed by atoms with E-state index in [4.69, 9.17) is 5.11 Å². The number of halogens is 1. The number of hydrogen-bond donors (Lipinski definition) is 4. The third-order valence-corrected chi connectivity index (χ3v) is 8.73. The molecule has 216 valence electrons. The number of carboxylic acid groups (broad SMARTS) is 2. The van der Waals surface area contributed by atoms with Gasteiger partial charge in [0.05, 0.1) is 16.0 Å². The van der Waals surface area contributed by atoms with Gasteiger partial charge in [0, 0.05) is 37.6 Å². The molecule has 40 heavy (non-hydrogen) atoms. The molecule has 4 N–H and O–H groups in total. The van der Waals surface area contributed by atoms with Crippen molar-refractivity contribution in [1.82, 2.24) is 25.0 Å².